The standard InChI is InChI=1S/C13H13FN2O4S/c1-19-9-6-7-11(10(8-9)20-2)21(17,18)16-13-5-3-4-12(14)15-13/h3-8H,1-2H3,(H,15,16). The summed E-state index contributed by atoms with van der Waals surface area (Å²) in [4.78, 5) is 3.35. The average molecular weight is 312 g/mol. The van der Waals surface area contributed by atoms with Gasteiger partial charge >= 0.3 is 0 Å². The molecule has 0 radical (unpaired) electrons. The summed E-state index contributed by atoms with van der Waals surface area (Å²) >= 11 is 0. The molecule has 0 fully saturated rings. The van der Waals surface area contributed by atoms with Crippen LogP contribution in [0.25, 0.3) is 0 Å². The largest absolute Gasteiger partial charge is 0.497 e. The SMILES string of the molecule is COc1ccc(S(=O)(=O)Nc2cccc(F)n2)c(OC)c1. The maximum atomic E-state index is 13.0. The van der Waals surface area contributed by atoms with Gasteiger partial charge in [-0.15, -0.1) is 0 Å². The maximum Gasteiger partial charge on any atom is 0.266 e. The quantitative estimate of drug-likeness (QED) is 0.855. The molecule has 0 aliphatic rings. The third-order valence-corrected chi connectivity index (χ3v) is 4.01. The van der Waals surface area contributed by atoms with Gasteiger partial charge in [-0.3, -0.25) is 4.72 Å². The molecular weight excluding hydrogens is 299 g/mol. The van der Waals surface area contributed by atoms with Gasteiger partial charge in [0.2, 0.25) is 5.95 Å². The first-order valence-electron chi connectivity index (χ1n) is 5.83. The molecule has 0 aliphatic carbocycles. The van der Waals surface area contributed by atoms with Crippen LogP contribution in [-0.4, -0.2) is 27.6 Å². The molecule has 0 bridgehead atoms. The molecule has 21 heavy (non-hydrogen) atoms. The summed E-state index contributed by atoms with van der Waals surface area (Å²) in [5.41, 5.74) is 0. The molecule has 0 unspecified atom stereocenters. The van der Waals surface area contributed by atoms with Crippen molar-refractivity contribution in [2.24, 2.45) is 0 Å². The highest BCUT2D eigenvalue weighted by Crippen LogP contribution is 2.29. The van der Waals surface area contributed by atoms with E-state index >= 15 is 0 Å². The van der Waals surface area contributed by atoms with Gasteiger partial charge < -0.3 is 9.47 Å². The topological polar surface area (TPSA) is 77.5 Å². The van der Waals surface area contributed by atoms with Crippen LogP contribution in [0.4, 0.5) is 10.2 Å². The Morgan fingerprint density at radius 2 is 1.90 bits per heavy atom. The van der Waals surface area contributed by atoms with Gasteiger partial charge in [0, 0.05) is 6.07 Å². The van der Waals surface area contributed by atoms with Crippen LogP contribution in [-0.2, 0) is 10.0 Å². The van der Waals surface area contributed by atoms with E-state index in [-0.39, 0.29) is 16.5 Å². The molecule has 2 aromatic rings. The summed E-state index contributed by atoms with van der Waals surface area (Å²) in [7, 11) is -1.16. The number of halogens is 1. The molecule has 2 rings (SSSR count). The Kier molecular flexibility index (Phi) is 4.27. The summed E-state index contributed by atoms with van der Waals surface area (Å²) in [5.74, 6) is -0.335. The Balaban J connectivity index is 2.40. The van der Waals surface area contributed by atoms with Gasteiger partial charge in [-0.2, -0.15) is 4.39 Å². The Hall–Kier alpha value is -2.35. The molecule has 8 heteroatoms. The van der Waals surface area contributed by atoms with E-state index in [1.54, 1.807) is 0 Å². The van der Waals surface area contributed by atoms with Gasteiger partial charge in [0.25, 0.3) is 10.0 Å². The van der Waals surface area contributed by atoms with E-state index in [2.05, 4.69) is 9.71 Å². The smallest absolute Gasteiger partial charge is 0.266 e. The van der Waals surface area contributed by atoms with Gasteiger partial charge in [0.05, 0.1) is 14.2 Å². The molecule has 1 aromatic carbocycles. The van der Waals surface area contributed by atoms with Gasteiger partial charge in [0.15, 0.2) is 0 Å². The number of aromatic nitrogens is 1. The predicted molar refractivity (Wildman–Crippen MR) is 74.5 cm³/mol. The van der Waals surface area contributed by atoms with Crippen molar-refractivity contribution in [2.75, 3.05) is 18.9 Å². The van der Waals surface area contributed by atoms with Gasteiger partial charge in [-0.25, -0.2) is 13.4 Å². The minimum atomic E-state index is -3.96. The first-order valence-corrected chi connectivity index (χ1v) is 7.32. The minimum absolute atomic E-state index is 0.100. The van der Waals surface area contributed by atoms with Gasteiger partial charge in [-0.1, -0.05) is 6.07 Å². The summed E-state index contributed by atoms with van der Waals surface area (Å²) < 4.78 is 49.8. The van der Waals surface area contributed by atoms with Crippen molar-refractivity contribution < 1.29 is 22.3 Å². The highest BCUT2D eigenvalue weighted by molar-refractivity contribution is 7.92. The summed E-state index contributed by atoms with van der Waals surface area (Å²) in [6.07, 6.45) is 0. The fraction of sp³-hybridized carbons (Fsp3) is 0.154. The van der Waals surface area contributed by atoms with Crippen LogP contribution < -0.4 is 14.2 Å². The van der Waals surface area contributed by atoms with Crippen LogP contribution in [0.3, 0.4) is 0 Å². The average Bonchev–Trinajstić information content (AvgIpc) is 2.46. The summed E-state index contributed by atoms with van der Waals surface area (Å²) in [5, 5.41) is 0. The molecule has 6 nitrogen and oxygen atoms in total. The lowest BCUT2D eigenvalue weighted by Gasteiger charge is -2.12. The lowest BCUT2D eigenvalue weighted by atomic mass is 10.3. The molecule has 0 aliphatic heterocycles. The zero-order valence-electron chi connectivity index (χ0n) is 11.3. The van der Waals surface area contributed by atoms with Crippen molar-refractivity contribution in [1.29, 1.82) is 0 Å². The van der Waals surface area contributed by atoms with Crippen LogP contribution in [0.5, 0.6) is 11.5 Å². The Bertz CT molecular complexity index is 750. The van der Waals surface area contributed by atoms with Crippen LogP contribution in [0.15, 0.2) is 41.3 Å². The lowest BCUT2D eigenvalue weighted by Crippen LogP contribution is -2.15. The molecule has 1 heterocycles. The molecule has 1 aromatic heterocycles. The molecule has 0 saturated carbocycles. The van der Waals surface area contributed by atoms with Crippen molar-refractivity contribution in [1.82, 2.24) is 4.98 Å². The number of rotatable bonds is 5. The number of sulfonamides is 1. The predicted octanol–water partition coefficient (Wildman–Crippen LogP) is 2.04. The highest BCUT2D eigenvalue weighted by Gasteiger charge is 2.21. The number of nitrogens with one attached hydrogen (secondary N) is 1. The van der Waals surface area contributed by atoms with Crippen molar-refractivity contribution in [3.63, 3.8) is 0 Å². The number of anilines is 1. The van der Waals surface area contributed by atoms with Crippen LogP contribution >= 0.6 is 0 Å². The second-order valence-corrected chi connectivity index (χ2v) is 5.62. The van der Waals surface area contributed by atoms with E-state index in [0.29, 0.717) is 5.75 Å². The van der Waals surface area contributed by atoms with E-state index < -0.39 is 16.0 Å². The summed E-state index contributed by atoms with van der Waals surface area (Å²) in [6.45, 7) is 0. The monoisotopic (exact) mass is 312 g/mol. The Morgan fingerprint density at radius 1 is 1.14 bits per heavy atom. The zero-order chi connectivity index (χ0) is 15.5. The second kappa shape index (κ2) is 5.96. The lowest BCUT2D eigenvalue weighted by molar-refractivity contribution is 0.386. The Morgan fingerprint density at radius 3 is 2.52 bits per heavy atom. The number of hydrogen-bond acceptors (Lipinski definition) is 5. The molecule has 0 saturated heterocycles. The summed E-state index contributed by atoms with van der Waals surface area (Å²) in [6, 6.07) is 8.07. The Labute approximate surface area is 121 Å². The van der Waals surface area contributed by atoms with Crippen LogP contribution in [0.2, 0.25) is 0 Å². The molecule has 112 valence electrons. The highest BCUT2D eigenvalue weighted by atomic mass is 32.2. The molecule has 0 spiro atoms. The van der Waals surface area contributed by atoms with Gasteiger partial charge in [0.1, 0.15) is 22.2 Å². The molecule has 0 atom stereocenters. The number of nitrogens with zero attached hydrogens (tertiary/aromatic N) is 1. The van der Waals surface area contributed by atoms with Crippen molar-refractivity contribution in [2.45, 2.75) is 4.90 Å². The third kappa shape index (κ3) is 3.40. The zero-order valence-corrected chi connectivity index (χ0v) is 12.1. The van der Waals surface area contributed by atoms with E-state index in [1.807, 2.05) is 0 Å². The van der Waals surface area contributed by atoms with E-state index in [0.717, 1.165) is 6.07 Å². The van der Waals surface area contributed by atoms with Crippen LogP contribution in [0.1, 0.15) is 0 Å². The van der Waals surface area contributed by atoms with Crippen LogP contribution in [0, 0.1) is 5.95 Å². The minimum Gasteiger partial charge on any atom is -0.497 e. The number of benzene rings is 1. The second-order valence-electron chi connectivity index (χ2n) is 3.97. The van der Waals surface area contributed by atoms with Crippen molar-refractivity contribution in [3.8, 4) is 11.5 Å². The molecular formula is C13H13FN2O4S. The van der Waals surface area contributed by atoms with Crippen molar-refractivity contribution >= 4 is 15.8 Å². The normalized spacial score (nSPS) is 11.0. The third-order valence-electron chi connectivity index (χ3n) is 2.61. The number of methoxy groups -OCH3 is 2. The fourth-order valence-electron chi connectivity index (χ4n) is 1.65. The number of pyridine rings is 1. The number of hydrogen-bond donors (Lipinski definition) is 1. The molecule has 1 N–H and O–H groups in total. The van der Waals surface area contributed by atoms with E-state index in [4.69, 9.17) is 9.47 Å². The van der Waals surface area contributed by atoms with E-state index in [9.17, 15) is 12.8 Å². The first-order chi connectivity index (χ1) is 9.96. The van der Waals surface area contributed by atoms with E-state index in [1.165, 1.54) is 44.6 Å². The van der Waals surface area contributed by atoms with Gasteiger partial charge in [-0.05, 0) is 24.3 Å². The maximum absolute atomic E-state index is 13.0. The molecule has 0 amide bonds. The van der Waals surface area contributed by atoms with Crippen molar-refractivity contribution in [3.05, 3.63) is 42.3 Å². The number of ether oxygens (including phenoxy) is 2. The first kappa shape index (κ1) is 15.0. The fourth-order valence-corrected chi connectivity index (χ4v) is 2.81.